The van der Waals surface area contributed by atoms with Crippen molar-refractivity contribution >= 4 is 12.0 Å². The number of hydrogen-bond donors (Lipinski definition) is 1. The Hall–Kier alpha value is -1.87. The number of benzene rings is 1. The fourth-order valence-corrected chi connectivity index (χ4v) is 0.962. The Morgan fingerprint density at radius 3 is 2.53 bits per heavy atom. The molecule has 0 aromatic heterocycles. The van der Waals surface area contributed by atoms with E-state index in [-0.39, 0.29) is 13.2 Å². The summed E-state index contributed by atoms with van der Waals surface area (Å²) in [5, 5.41) is 8.10. The molecule has 1 N–H and O–H groups in total. The van der Waals surface area contributed by atoms with E-state index >= 15 is 0 Å². The summed E-state index contributed by atoms with van der Waals surface area (Å²) in [6, 6.07) is 10.3. The van der Waals surface area contributed by atoms with Crippen molar-refractivity contribution in [1.29, 1.82) is 0 Å². The normalized spacial score (nSPS) is 9.29. The third kappa shape index (κ3) is 9.08. The molecule has 0 unspecified atom stereocenters. The van der Waals surface area contributed by atoms with Crippen LogP contribution in [-0.2, 0) is 9.53 Å². The van der Waals surface area contributed by atoms with E-state index in [0.29, 0.717) is 0 Å². The molecule has 0 amide bonds. The van der Waals surface area contributed by atoms with Crippen molar-refractivity contribution < 1.29 is 14.6 Å². The van der Waals surface area contributed by atoms with Crippen LogP contribution in [0.15, 0.2) is 49.1 Å². The molecule has 3 heteroatoms. The van der Waals surface area contributed by atoms with E-state index in [2.05, 4.69) is 29.5 Å². The Kier molecular flexibility index (Phi) is 9.47. The first kappa shape index (κ1) is 15.1. The first-order valence-electron chi connectivity index (χ1n) is 5.32. The van der Waals surface area contributed by atoms with Gasteiger partial charge in [-0.2, -0.15) is 0 Å². The predicted octanol–water partition coefficient (Wildman–Crippen LogP) is 2.43. The van der Waals surface area contributed by atoms with Gasteiger partial charge < -0.3 is 9.84 Å². The van der Waals surface area contributed by atoms with Gasteiger partial charge in [-0.05, 0) is 12.5 Å². The van der Waals surface area contributed by atoms with E-state index in [1.807, 2.05) is 31.2 Å². The summed E-state index contributed by atoms with van der Waals surface area (Å²) >= 11 is 0. The quantitative estimate of drug-likeness (QED) is 0.643. The average molecular weight is 234 g/mol. The predicted molar refractivity (Wildman–Crippen MR) is 69.4 cm³/mol. The molecule has 92 valence electrons. The minimum Gasteiger partial charge on any atom is -0.460 e. The second kappa shape index (κ2) is 10.6. The maximum atomic E-state index is 10.1. The highest BCUT2D eigenvalue weighted by Crippen LogP contribution is 1.99. The molecule has 0 fully saturated rings. The van der Waals surface area contributed by atoms with Gasteiger partial charge in [-0.1, -0.05) is 49.1 Å². The highest BCUT2D eigenvalue weighted by Gasteiger charge is 1.90. The molecule has 0 saturated carbocycles. The molecule has 1 rings (SSSR count). The van der Waals surface area contributed by atoms with Gasteiger partial charge in [0.15, 0.2) is 0 Å². The lowest BCUT2D eigenvalue weighted by atomic mass is 10.2. The molecule has 0 heterocycles. The van der Waals surface area contributed by atoms with Crippen molar-refractivity contribution in [3.8, 4) is 0 Å². The SMILES string of the molecule is C=CC(=O)OCCO.CC=Cc1ccccc1. The summed E-state index contributed by atoms with van der Waals surface area (Å²) in [5.41, 5.74) is 1.26. The van der Waals surface area contributed by atoms with Crippen molar-refractivity contribution in [1.82, 2.24) is 0 Å². The Balaban J connectivity index is 0.000000304. The molecule has 0 aliphatic rings. The molecular formula is C14H18O3. The number of carbonyl (C=O) groups excluding carboxylic acids is 1. The molecule has 0 atom stereocenters. The standard InChI is InChI=1S/C9H10.C5H8O3/c1-2-6-9-7-4-3-5-8-9;1-2-5(7)8-4-3-6/h2-8H,1H3;2,6H,1,3-4H2. The molecular weight excluding hydrogens is 216 g/mol. The van der Waals surface area contributed by atoms with Gasteiger partial charge in [-0.25, -0.2) is 4.79 Å². The first-order chi connectivity index (χ1) is 8.24. The summed E-state index contributed by atoms with van der Waals surface area (Å²) < 4.78 is 4.33. The highest BCUT2D eigenvalue weighted by atomic mass is 16.5. The number of aliphatic hydroxyl groups is 1. The minimum absolute atomic E-state index is 0.0465. The number of hydrogen-bond acceptors (Lipinski definition) is 3. The van der Waals surface area contributed by atoms with Crippen molar-refractivity contribution in [2.24, 2.45) is 0 Å². The van der Waals surface area contributed by atoms with Gasteiger partial charge in [-0.3, -0.25) is 0 Å². The van der Waals surface area contributed by atoms with Crippen LogP contribution in [0.4, 0.5) is 0 Å². The van der Waals surface area contributed by atoms with Crippen LogP contribution in [0.1, 0.15) is 12.5 Å². The van der Waals surface area contributed by atoms with Crippen molar-refractivity contribution in [3.05, 3.63) is 54.6 Å². The molecule has 0 radical (unpaired) electrons. The lowest BCUT2D eigenvalue weighted by molar-refractivity contribution is -0.138. The summed E-state index contributed by atoms with van der Waals surface area (Å²) in [6.07, 6.45) is 5.17. The van der Waals surface area contributed by atoms with Crippen molar-refractivity contribution in [3.63, 3.8) is 0 Å². The largest absolute Gasteiger partial charge is 0.460 e. The maximum absolute atomic E-state index is 10.1. The molecule has 0 spiro atoms. The number of esters is 1. The van der Waals surface area contributed by atoms with Crippen LogP contribution in [0, 0.1) is 0 Å². The number of carbonyl (C=O) groups is 1. The van der Waals surface area contributed by atoms with E-state index in [1.165, 1.54) is 5.56 Å². The van der Waals surface area contributed by atoms with E-state index in [4.69, 9.17) is 5.11 Å². The van der Waals surface area contributed by atoms with E-state index in [9.17, 15) is 4.79 Å². The van der Waals surface area contributed by atoms with Gasteiger partial charge in [0.25, 0.3) is 0 Å². The Labute approximate surface area is 102 Å². The third-order valence-corrected chi connectivity index (χ3v) is 1.66. The number of rotatable bonds is 4. The molecule has 0 saturated heterocycles. The van der Waals surface area contributed by atoms with E-state index < -0.39 is 5.97 Å². The Morgan fingerprint density at radius 1 is 1.41 bits per heavy atom. The fourth-order valence-electron chi connectivity index (χ4n) is 0.962. The molecule has 0 aliphatic carbocycles. The van der Waals surface area contributed by atoms with Crippen molar-refractivity contribution in [2.75, 3.05) is 13.2 Å². The van der Waals surface area contributed by atoms with Gasteiger partial charge in [0.1, 0.15) is 6.61 Å². The summed E-state index contributed by atoms with van der Waals surface area (Å²) in [7, 11) is 0. The van der Waals surface area contributed by atoms with Gasteiger partial charge >= 0.3 is 5.97 Å². The molecule has 0 bridgehead atoms. The number of aliphatic hydroxyl groups excluding tert-OH is 1. The van der Waals surface area contributed by atoms with Crippen LogP contribution >= 0.6 is 0 Å². The van der Waals surface area contributed by atoms with Crippen LogP contribution in [0.2, 0.25) is 0 Å². The van der Waals surface area contributed by atoms with E-state index in [0.717, 1.165) is 6.08 Å². The number of ether oxygens (including phenoxy) is 1. The first-order valence-corrected chi connectivity index (χ1v) is 5.32. The lowest BCUT2D eigenvalue weighted by Gasteiger charge is -1.94. The topological polar surface area (TPSA) is 46.5 Å². The summed E-state index contributed by atoms with van der Waals surface area (Å²) in [4.78, 5) is 10.1. The zero-order valence-corrected chi connectivity index (χ0v) is 10.0. The van der Waals surface area contributed by atoms with Gasteiger partial charge in [-0.15, -0.1) is 0 Å². The van der Waals surface area contributed by atoms with Gasteiger partial charge in [0, 0.05) is 6.08 Å². The Morgan fingerprint density at radius 2 is 2.06 bits per heavy atom. The number of allylic oxidation sites excluding steroid dienone is 1. The molecule has 3 nitrogen and oxygen atoms in total. The van der Waals surface area contributed by atoms with Crippen LogP contribution in [-0.4, -0.2) is 24.3 Å². The fraction of sp³-hybridized carbons (Fsp3) is 0.214. The second-order valence-electron chi connectivity index (χ2n) is 3.01. The van der Waals surface area contributed by atoms with Crippen LogP contribution < -0.4 is 0 Å². The Bertz CT molecular complexity index is 342. The minimum atomic E-state index is -0.501. The zero-order chi connectivity index (χ0) is 12.9. The second-order valence-corrected chi connectivity index (χ2v) is 3.01. The highest BCUT2D eigenvalue weighted by molar-refractivity contribution is 5.81. The van der Waals surface area contributed by atoms with Crippen molar-refractivity contribution in [2.45, 2.75) is 6.92 Å². The average Bonchev–Trinajstić information content (AvgIpc) is 2.38. The van der Waals surface area contributed by atoms with Crippen LogP contribution in [0.5, 0.6) is 0 Å². The zero-order valence-electron chi connectivity index (χ0n) is 10.0. The molecule has 1 aromatic rings. The van der Waals surface area contributed by atoms with Gasteiger partial charge in [0.05, 0.1) is 6.61 Å². The van der Waals surface area contributed by atoms with Gasteiger partial charge in [0.2, 0.25) is 0 Å². The third-order valence-electron chi connectivity index (χ3n) is 1.66. The summed E-state index contributed by atoms with van der Waals surface area (Å²) in [5.74, 6) is -0.501. The molecule has 17 heavy (non-hydrogen) atoms. The lowest BCUT2D eigenvalue weighted by Crippen LogP contribution is -2.04. The molecule has 0 aliphatic heterocycles. The van der Waals surface area contributed by atoms with Crippen LogP contribution in [0.3, 0.4) is 0 Å². The van der Waals surface area contributed by atoms with Crippen LogP contribution in [0.25, 0.3) is 6.08 Å². The monoisotopic (exact) mass is 234 g/mol. The molecule has 1 aromatic carbocycles. The maximum Gasteiger partial charge on any atom is 0.330 e. The van der Waals surface area contributed by atoms with E-state index in [1.54, 1.807) is 0 Å². The smallest absolute Gasteiger partial charge is 0.330 e. The summed E-state index contributed by atoms with van der Waals surface area (Å²) in [6.45, 7) is 5.09.